The number of fused-ring (bicyclic) bond motifs is 2. The number of thioether (sulfide) groups is 1. The minimum Gasteiger partial charge on any atom is -0.384 e. The van der Waals surface area contributed by atoms with Gasteiger partial charge in [0.2, 0.25) is 0 Å². The van der Waals surface area contributed by atoms with E-state index in [0.717, 1.165) is 39.1 Å². The van der Waals surface area contributed by atoms with Crippen molar-refractivity contribution in [1.29, 1.82) is 0 Å². The quantitative estimate of drug-likeness (QED) is 0.425. The minimum atomic E-state index is 0.484. The number of benzene rings is 1. The van der Waals surface area contributed by atoms with Crippen LogP contribution in [0.3, 0.4) is 0 Å². The third-order valence-electron chi connectivity index (χ3n) is 5.61. The number of anilines is 1. The molecule has 3 heterocycles. The molecule has 1 aliphatic carbocycles. The van der Waals surface area contributed by atoms with Crippen molar-refractivity contribution in [2.45, 2.75) is 50.0 Å². The summed E-state index contributed by atoms with van der Waals surface area (Å²) in [5.41, 5.74) is 12.2. The normalized spacial score (nSPS) is 15.6. The van der Waals surface area contributed by atoms with E-state index in [4.69, 9.17) is 5.73 Å². The molecule has 5 rings (SSSR count). The second-order valence-electron chi connectivity index (χ2n) is 7.79. The van der Waals surface area contributed by atoms with Gasteiger partial charge in [-0.3, -0.25) is 0 Å². The predicted octanol–water partition coefficient (Wildman–Crippen LogP) is 5.56. The second-order valence-corrected chi connectivity index (χ2v) is 9.08. The molecule has 0 spiro atoms. The lowest BCUT2D eigenvalue weighted by molar-refractivity contribution is 0.516. The smallest absolute Gasteiger partial charge is 0.180 e. The van der Waals surface area contributed by atoms with Gasteiger partial charge in [0.15, 0.2) is 5.65 Å². The summed E-state index contributed by atoms with van der Waals surface area (Å²) in [4.78, 5) is 15.6. The zero-order chi connectivity index (χ0) is 19.1. The first-order valence-corrected chi connectivity index (χ1v) is 11.1. The van der Waals surface area contributed by atoms with E-state index in [0.29, 0.717) is 11.5 Å². The molecule has 6 heteroatoms. The number of rotatable bonds is 4. The highest BCUT2D eigenvalue weighted by atomic mass is 32.2. The van der Waals surface area contributed by atoms with E-state index in [2.05, 4.69) is 56.0 Å². The van der Waals surface area contributed by atoms with Crippen molar-refractivity contribution >= 4 is 39.6 Å². The fourth-order valence-electron chi connectivity index (χ4n) is 4.20. The second kappa shape index (κ2) is 7.17. The zero-order valence-corrected chi connectivity index (χ0v) is 16.9. The number of hydrogen-bond donors (Lipinski definition) is 3. The molecule has 1 aliphatic rings. The maximum Gasteiger partial charge on any atom is 0.180 e. The molecule has 0 unspecified atom stereocenters. The van der Waals surface area contributed by atoms with Crippen LogP contribution in [-0.4, -0.2) is 25.2 Å². The van der Waals surface area contributed by atoms with Crippen molar-refractivity contribution in [3.05, 3.63) is 41.7 Å². The number of aromatic nitrogens is 4. The molecule has 3 aromatic heterocycles. The number of nitrogens with one attached hydrogen (secondary N) is 2. The van der Waals surface area contributed by atoms with E-state index in [1.54, 1.807) is 0 Å². The van der Waals surface area contributed by atoms with E-state index in [1.807, 2.05) is 13.0 Å². The van der Waals surface area contributed by atoms with Gasteiger partial charge in [0.05, 0.1) is 5.52 Å². The summed E-state index contributed by atoms with van der Waals surface area (Å²) in [6.07, 6.45) is 6.97. The lowest BCUT2D eigenvalue weighted by Gasteiger charge is -2.20. The van der Waals surface area contributed by atoms with Crippen molar-refractivity contribution in [3.8, 4) is 11.3 Å². The Hall–Kier alpha value is -2.47. The summed E-state index contributed by atoms with van der Waals surface area (Å²) in [6.45, 7) is 1.93. The van der Waals surface area contributed by atoms with Crippen LogP contribution in [0.25, 0.3) is 33.3 Å². The number of nitrogens with two attached hydrogens (primary N) is 1. The Kier molecular flexibility index (Phi) is 4.51. The Morgan fingerprint density at radius 2 is 1.93 bits per heavy atom. The van der Waals surface area contributed by atoms with Crippen LogP contribution in [0.2, 0.25) is 0 Å². The molecule has 0 amide bonds. The number of H-pyrrole nitrogens is 2. The van der Waals surface area contributed by atoms with Crippen molar-refractivity contribution in [2.75, 3.05) is 5.73 Å². The van der Waals surface area contributed by atoms with Crippen molar-refractivity contribution in [2.24, 2.45) is 0 Å². The Balaban J connectivity index is 1.45. The highest BCUT2D eigenvalue weighted by molar-refractivity contribution is 7.99. The summed E-state index contributed by atoms with van der Waals surface area (Å²) in [7, 11) is 0. The summed E-state index contributed by atoms with van der Waals surface area (Å²) >= 11 is 2.12. The van der Waals surface area contributed by atoms with Crippen molar-refractivity contribution in [1.82, 2.24) is 19.9 Å². The zero-order valence-electron chi connectivity index (χ0n) is 16.1. The summed E-state index contributed by atoms with van der Waals surface area (Å²) in [5, 5.41) is 2.07. The van der Waals surface area contributed by atoms with Gasteiger partial charge in [-0.2, -0.15) is 11.8 Å². The van der Waals surface area contributed by atoms with Crippen LogP contribution < -0.4 is 5.73 Å². The number of nitrogen functional groups attached to an aromatic ring is 1. The topological polar surface area (TPSA) is 83.4 Å². The largest absolute Gasteiger partial charge is 0.384 e. The van der Waals surface area contributed by atoms with Crippen LogP contribution in [0, 0.1) is 6.92 Å². The lowest BCUT2D eigenvalue weighted by Crippen LogP contribution is -2.08. The first-order valence-electron chi connectivity index (χ1n) is 10.0. The monoisotopic (exact) mass is 391 g/mol. The number of aryl methyl sites for hydroxylation is 1. The SMILES string of the molecule is Cc1nc2nc(N)cc(-c3cc4cc(CSC5CCCCC5)ccc4[nH]3)c2[nH]1. The molecular weight excluding hydrogens is 366 g/mol. The number of hydrogen-bond acceptors (Lipinski definition) is 4. The molecule has 4 aromatic rings. The summed E-state index contributed by atoms with van der Waals surface area (Å²) in [5.74, 6) is 2.41. The predicted molar refractivity (Wildman–Crippen MR) is 118 cm³/mol. The molecule has 1 fully saturated rings. The molecule has 144 valence electrons. The van der Waals surface area contributed by atoms with Gasteiger partial charge in [-0.05, 0) is 49.6 Å². The van der Waals surface area contributed by atoms with E-state index < -0.39 is 0 Å². The van der Waals surface area contributed by atoms with Gasteiger partial charge in [0, 0.05) is 33.2 Å². The number of nitrogens with zero attached hydrogens (tertiary/aromatic N) is 2. The molecule has 1 saturated carbocycles. The minimum absolute atomic E-state index is 0.484. The molecule has 0 radical (unpaired) electrons. The Labute approximate surface area is 168 Å². The van der Waals surface area contributed by atoms with Crippen molar-refractivity contribution in [3.63, 3.8) is 0 Å². The van der Waals surface area contributed by atoms with Gasteiger partial charge in [-0.1, -0.05) is 25.3 Å². The molecule has 28 heavy (non-hydrogen) atoms. The third kappa shape index (κ3) is 3.37. The molecule has 0 aliphatic heterocycles. The van der Waals surface area contributed by atoms with Crippen LogP contribution in [-0.2, 0) is 5.75 Å². The van der Waals surface area contributed by atoms with Crippen LogP contribution in [0.4, 0.5) is 5.82 Å². The Bertz CT molecular complexity index is 1140. The van der Waals surface area contributed by atoms with Gasteiger partial charge in [-0.25, -0.2) is 9.97 Å². The van der Waals surface area contributed by atoms with E-state index in [1.165, 1.54) is 43.1 Å². The molecule has 4 N–H and O–H groups in total. The molecule has 5 nitrogen and oxygen atoms in total. The molecule has 0 saturated heterocycles. The lowest BCUT2D eigenvalue weighted by atomic mass is 10.0. The first-order chi connectivity index (χ1) is 13.7. The standard InChI is InChI=1S/C22H25N5S/c1-13-24-21-17(11-20(23)27-22(21)25-13)19-10-15-9-14(7-8-18(15)26-19)12-28-16-5-3-2-4-6-16/h7-11,16,26H,2-6,12H2,1H3,(H3,23,24,25,27). The maximum absolute atomic E-state index is 6.02. The van der Waals surface area contributed by atoms with Gasteiger partial charge >= 0.3 is 0 Å². The summed E-state index contributed by atoms with van der Waals surface area (Å²) < 4.78 is 0. The van der Waals surface area contributed by atoms with E-state index >= 15 is 0 Å². The van der Waals surface area contributed by atoms with Gasteiger partial charge in [0.1, 0.15) is 11.6 Å². The summed E-state index contributed by atoms with van der Waals surface area (Å²) in [6, 6.07) is 10.9. The van der Waals surface area contributed by atoms with E-state index in [9.17, 15) is 0 Å². The van der Waals surface area contributed by atoms with Crippen LogP contribution in [0.1, 0.15) is 43.5 Å². The molecular formula is C22H25N5S. The number of pyridine rings is 1. The fraction of sp³-hybridized carbons (Fsp3) is 0.364. The third-order valence-corrected chi connectivity index (χ3v) is 7.06. The van der Waals surface area contributed by atoms with Crippen LogP contribution in [0.15, 0.2) is 30.3 Å². The highest BCUT2D eigenvalue weighted by Gasteiger charge is 2.15. The first kappa shape index (κ1) is 17.6. The van der Waals surface area contributed by atoms with Crippen LogP contribution >= 0.6 is 11.8 Å². The Morgan fingerprint density at radius 1 is 1.07 bits per heavy atom. The fourth-order valence-corrected chi connectivity index (χ4v) is 5.47. The molecule has 0 atom stereocenters. The van der Waals surface area contributed by atoms with Crippen molar-refractivity contribution < 1.29 is 0 Å². The number of aromatic amines is 2. The average molecular weight is 392 g/mol. The average Bonchev–Trinajstić information content (AvgIpc) is 3.28. The number of imidazole rings is 1. The molecule has 1 aromatic carbocycles. The Morgan fingerprint density at radius 3 is 2.79 bits per heavy atom. The van der Waals surface area contributed by atoms with Gasteiger partial charge < -0.3 is 15.7 Å². The van der Waals surface area contributed by atoms with Gasteiger partial charge in [0.25, 0.3) is 0 Å². The highest BCUT2D eigenvalue weighted by Crippen LogP contribution is 2.33. The maximum atomic E-state index is 6.02. The van der Waals surface area contributed by atoms with E-state index in [-0.39, 0.29) is 0 Å². The van der Waals surface area contributed by atoms with Crippen LogP contribution in [0.5, 0.6) is 0 Å². The van der Waals surface area contributed by atoms with Gasteiger partial charge in [-0.15, -0.1) is 0 Å². The molecule has 0 bridgehead atoms.